The van der Waals surface area contributed by atoms with Crippen LogP contribution in [0.5, 0.6) is 0 Å². The van der Waals surface area contributed by atoms with E-state index < -0.39 is 21.1 Å². The first-order valence-electron chi connectivity index (χ1n) is 1.80. The van der Waals surface area contributed by atoms with Crippen LogP contribution in [0.4, 0.5) is 0 Å². The summed E-state index contributed by atoms with van der Waals surface area (Å²) in [6.07, 6.45) is 0. The van der Waals surface area contributed by atoms with Crippen molar-refractivity contribution in [2.45, 2.75) is 0 Å². The van der Waals surface area contributed by atoms with E-state index in [0.717, 1.165) is 0 Å². The van der Waals surface area contributed by atoms with Crippen LogP contribution in [-0.2, 0) is 9.13 Å². The van der Waals surface area contributed by atoms with Crippen molar-refractivity contribution in [1.82, 2.24) is 0 Å². The molecule has 0 aliphatic carbocycles. The number of hydrogen-bond donors (Lipinski definition) is 4. The topological polar surface area (TPSA) is 115 Å². The van der Waals surface area contributed by atoms with Gasteiger partial charge in [0.2, 0.25) is 0 Å². The second kappa shape index (κ2) is 9.52. The summed E-state index contributed by atoms with van der Waals surface area (Å²) in [6.45, 7) is 0. The molecule has 11 heteroatoms. The standard InChI is InChI=1S/CH6O6P2.3Na.3H/c2-8(3,4)1-9(5,6)7;;;;;;/h1H2,(H2,2,3,4)(H2,5,6,7);;;;;;/q;3*+1;3*-1. The first-order valence-corrected chi connectivity index (χ1v) is 5.39. The van der Waals surface area contributed by atoms with Gasteiger partial charge in [-0.15, -0.1) is 0 Å². The Balaban J connectivity index is -0.0000000213. The second-order valence-corrected chi connectivity index (χ2v) is 5.26. The Bertz CT molecular complexity index is 172. The van der Waals surface area contributed by atoms with Gasteiger partial charge < -0.3 is 23.9 Å². The van der Waals surface area contributed by atoms with Crippen LogP contribution in [0.3, 0.4) is 0 Å². The Morgan fingerprint density at radius 3 is 1.00 bits per heavy atom. The fourth-order valence-corrected chi connectivity index (χ4v) is 2.16. The van der Waals surface area contributed by atoms with E-state index in [1.165, 1.54) is 0 Å². The molecule has 0 atom stereocenters. The van der Waals surface area contributed by atoms with Crippen molar-refractivity contribution in [2.24, 2.45) is 0 Å². The van der Waals surface area contributed by atoms with E-state index in [9.17, 15) is 9.13 Å². The quantitative estimate of drug-likeness (QED) is 0.285. The fraction of sp³-hybridized carbons (Fsp3) is 1.00. The maximum absolute atomic E-state index is 9.85. The minimum absolute atomic E-state index is 0. The minimum Gasteiger partial charge on any atom is -1.00 e. The van der Waals surface area contributed by atoms with E-state index >= 15 is 0 Å². The molecule has 0 aromatic heterocycles. The van der Waals surface area contributed by atoms with Gasteiger partial charge in [0.25, 0.3) is 0 Å². The van der Waals surface area contributed by atoms with Crippen molar-refractivity contribution in [2.75, 3.05) is 5.90 Å². The molecule has 12 heavy (non-hydrogen) atoms. The number of hydrogen-bond acceptors (Lipinski definition) is 2. The largest absolute Gasteiger partial charge is 1.00 e. The summed E-state index contributed by atoms with van der Waals surface area (Å²) < 4.78 is 19.7. The maximum atomic E-state index is 9.85. The van der Waals surface area contributed by atoms with Crippen LogP contribution >= 0.6 is 15.2 Å². The molecular formula is CH9Na3O6P2. The molecular weight excluding hydrogens is 239 g/mol. The predicted molar refractivity (Wildman–Crippen MR) is 32.3 cm³/mol. The molecule has 0 aliphatic rings. The van der Waals surface area contributed by atoms with Gasteiger partial charge in [-0.1, -0.05) is 0 Å². The van der Waals surface area contributed by atoms with Crippen LogP contribution in [0.1, 0.15) is 4.28 Å². The van der Waals surface area contributed by atoms with Crippen molar-refractivity contribution in [3.8, 4) is 0 Å². The molecule has 0 aromatic carbocycles. The zero-order valence-corrected chi connectivity index (χ0v) is 15.0. The summed E-state index contributed by atoms with van der Waals surface area (Å²) in [6, 6.07) is 0. The summed E-state index contributed by atoms with van der Waals surface area (Å²) in [5.41, 5.74) is 0. The Morgan fingerprint density at radius 1 is 0.833 bits per heavy atom. The molecule has 0 saturated heterocycles. The summed E-state index contributed by atoms with van der Waals surface area (Å²) in [7, 11) is -9.10. The molecule has 4 N–H and O–H groups in total. The normalized spacial score (nSPS) is 10.3. The van der Waals surface area contributed by atoms with E-state index in [1.807, 2.05) is 0 Å². The first-order chi connectivity index (χ1) is 3.71. The molecule has 0 rings (SSSR count). The molecule has 6 nitrogen and oxygen atoms in total. The van der Waals surface area contributed by atoms with Crippen LogP contribution < -0.4 is 88.7 Å². The Labute approximate surface area is 141 Å². The van der Waals surface area contributed by atoms with E-state index in [-0.39, 0.29) is 93.0 Å². The van der Waals surface area contributed by atoms with Gasteiger partial charge >= 0.3 is 104 Å². The van der Waals surface area contributed by atoms with Crippen molar-refractivity contribution >= 4 is 15.2 Å². The smallest absolute Gasteiger partial charge is 1.00 e. The average Bonchev–Trinajstić information content (AvgIpc) is 1.14. The van der Waals surface area contributed by atoms with Gasteiger partial charge in [0.05, 0.1) is 0 Å². The summed E-state index contributed by atoms with van der Waals surface area (Å²) in [4.78, 5) is 31.9. The second-order valence-electron chi connectivity index (χ2n) is 1.47. The van der Waals surface area contributed by atoms with Crippen molar-refractivity contribution in [3.63, 3.8) is 0 Å². The molecule has 0 heterocycles. The molecule has 0 unspecified atom stereocenters. The number of rotatable bonds is 2. The van der Waals surface area contributed by atoms with Crippen molar-refractivity contribution in [1.29, 1.82) is 0 Å². The minimum atomic E-state index is -4.55. The van der Waals surface area contributed by atoms with Crippen LogP contribution in [0.2, 0.25) is 0 Å². The van der Waals surface area contributed by atoms with E-state index in [2.05, 4.69) is 0 Å². The third kappa shape index (κ3) is 23.3. The SMILES string of the molecule is O=P(O)(O)CP(=O)(O)O.[H-].[H-].[H-].[Na+].[Na+].[Na+]. The Kier molecular flexibility index (Phi) is 19.4. The molecule has 62 valence electrons. The predicted octanol–water partition coefficient (Wildman–Crippen LogP) is -9.35. The third-order valence-electron chi connectivity index (χ3n) is 0.368. The molecule has 0 spiro atoms. The van der Waals surface area contributed by atoms with Gasteiger partial charge in [-0.2, -0.15) is 0 Å². The van der Waals surface area contributed by atoms with E-state index in [4.69, 9.17) is 19.6 Å². The summed E-state index contributed by atoms with van der Waals surface area (Å²) >= 11 is 0. The third-order valence-corrected chi connectivity index (χ3v) is 3.32. The van der Waals surface area contributed by atoms with Gasteiger partial charge in [0.1, 0.15) is 0 Å². The van der Waals surface area contributed by atoms with Gasteiger partial charge in [0.15, 0.2) is 5.90 Å². The van der Waals surface area contributed by atoms with Gasteiger partial charge in [-0.3, -0.25) is 9.13 Å². The average molecular weight is 248 g/mol. The maximum Gasteiger partial charge on any atom is 1.00 e. The molecule has 0 radical (unpaired) electrons. The van der Waals surface area contributed by atoms with Crippen LogP contribution in [-0.4, -0.2) is 25.5 Å². The molecule has 0 aromatic rings. The molecule has 0 saturated carbocycles. The van der Waals surface area contributed by atoms with Crippen molar-refractivity contribution < 1.29 is 122 Å². The van der Waals surface area contributed by atoms with Gasteiger partial charge in [-0.25, -0.2) is 0 Å². The first kappa shape index (κ1) is 24.5. The fourth-order valence-electron chi connectivity index (χ4n) is 0.240. The van der Waals surface area contributed by atoms with E-state index in [0.29, 0.717) is 0 Å². The zero-order chi connectivity index (χ0) is 7.71. The molecule has 0 amide bonds. The van der Waals surface area contributed by atoms with Crippen molar-refractivity contribution in [3.05, 3.63) is 0 Å². The Hall–Kier alpha value is 3.30. The molecule has 0 bridgehead atoms. The monoisotopic (exact) mass is 248 g/mol. The van der Waals surface area contributed by atoms with Gasteiger partial charge in [-0.05, 0) is 0 Å². The molecule has 0 fully saturated rings. The van der Waals surface area contributed by atoms with Gasteiger partial charge in [0, 0.05) is 0 Å². The molecule has 0 aliphatic heterocycles. The van der Waals surface area contributed by atoms with Crippen LogP contribution in [0.15, 0.2) is 0 Å². The van der Waals surface area contributed by atoms with Crippen LogP contribution in [0, 0.1) is 0 Å². The zero-order valence-electron chi connectivity index (χ0n) is 10.2. The van der Waals surface area contributed by atoms with E-state index in [1.54, 1.807) is 0 Å². The summed E-state index contributed by atoms with van der Waals surface area (Å²) in [5, 5.41) is 0. The van der Waals surface area contributed by atoms with Crippen LogP contribution in [0.25, 0.3) is 0 Å². The summed E-state index contributed by atoms with van der Waals surface area (Å²) in [5.74, 6) is -1.38. The Morgan fingerprint density at radius 2 is 1.00 bits per heavy atom.